The van der Waals surface area contributed by atoms with Crippen LogP contribution in [0.4, 0.5) is 0 Å². The van der Waals surface area contributed by atoms with Gasteiger partial charge in [-0.1, -0.05) is 5.16 Å². The first-order chi connectivity index (χ1) is 9.45. The van der Waals surface area contributed by atoms with Gasteiger partial charge >= 0.3 is 5.97 Å². The van der Waals surface area contributed by atoms with Gasteiger partial charge in [0.25, 0.3) is 0 Å². The number of hydrogen-bond acceptors (Lipinski definition) is 5. The van der Waals surface area contributed by atoms with Crippen LogP contribution in [-0.2, 0) is 15.3 Å². The molecule has 20 heavy (non-hydrogen) atoms. The van der Waals surface area contributed by atoms with Crippen molar-refractivity contribution in [2.75, 3.05) is 18.8 Å². The zero-order valence-electron chi connectivity index (χ0n) is 12.0. The summed E-state index contributed by atoms with van der Waals surface area (Å²) in [5, 5.41) is 12.5. The van der Waals surface area contributed by atoms with Crippen LogP contribution in [-0.4, -0.2) is 45.9 Å². The van der Waals surface area contributed by atoms with Crippen LogP contribution in [0.1, 0.15) is 30.4 Å². The molecule has 0 saturated heterocycles. The average Bonchev–Trinajstić information content (AvgIpc) is 2.70. The predicted octanol–water partition coefficient (Wildman–Crippen LogP) is 1.85. The average molecular weight is 300 g/mol. The first-order valence-electron chi connectivity index (χ1n) is 6.44. The summed E-state index contributed by atoms with van der Waals surface area (Å²) in [5.41, 5.74) is 1.87. The van der Waals surface area contributed by atoms with Crippen LogP contribution < -0.4 is 0 Å². The van der Waals surface area contributed by atoms with Gasteiger partial charge in [-0.2, -0.15) is 0 Å². The summed E-state index contributed by atoms with van der Waals surface area (Å²) in [4.78, 5) is 24.0. The number of carboxylic acid groups (broad SMARTS) is 1. The Hall–Kier alpha value is -1.50. The van der Waals surface area contributed by atoms with Crippen LogP contribution in [0.3, 0.4) is 0 Å². The Morgan fingerprint density at radius 3 is 2.60 bits per heavy atom. The number of aromatic nitrogens is 1. The molecule has 0 atom stereocenters. The number of thioether (sulfide) groups is 1. The molecule has 0 aromatic carbocycles. The van der Waals surface area contributed by atoms with Gasteiger partial charge in [0, 0.05) is 24.4 Å². The van der Waals surface area contributed by atoms with Gasteiger partial charge in [-0.25, -0.2) is 0 Å². The van der Waals surface area contributed by atoms with Gasteiger partial charge in [-0.05, 0) is 20.8 Å². The van der Waals surface area contributed by atoms with Crippen molar-refractivity contribution in [3.63, 3.8) is 0 Å². The van der Waals surface area contributed by atoms with Crippen molar-refractivity contribution in [1.29, 1.82) is 0 Å². The standard InChI is InChI=1S/C13H20N2O4S/c1-4-15(6-5-13(17)18)12(16)8-20-7-11-9(2)14-19-10(11)3/h4-8H2,1-3H3,(H,17,18). The minimum absolute atomic E-state index is 0.0197. The van der Waals surface area contributed by atoms with E-state index in [-0.39, 0.29) is 18.9 Å². The van der Waals surface area contributed by atoms with Crippen LogP contribution in [0.25, 0.3) is 0 Å². The van der Waals surface area contributed by atoms with Crippen LogP contribution >= 0.6 is 11.8 Å². The minimum atomic E-state index is -0.889. The summed E-state index contributed by atoms with van der Waals surface area (Å²) < 4.78 is 5.06. The second kappa shape index (κ2) is 7.94. The highest BCUT2D eigenvalue weighted by molar-refractivity contribution is 7.99. The van der Waals surface area contributed by atoms with E-state index in [1.807, 2.05) is 20.8 Å². The predicted molar refractivity (Wildman–Crippen MR) is 76.6 cm³/mol. The van der Waals surface area contributed by atoms with Crippen molar-refractivity contribution in [2.45, 2.75) is 32.9 Å². The fourth-order valence-electron chi connectivity index (χ4n) is 1.73. The normalized spacial score (nSPS) is 10.6. The van der Waals surface area contributed by atoms with Crippen LogP contribution in [0.2, 0.25) is 0 Å². The first-order valence-corrected chi connectivity index (χ1v) is 7.60. The van der Waals surface area contributed by atoms with Crippen molar-refractivity contribution < 1.29 is 19.2 Å². The van der Waals surface area contributed by atoms with E-state index in [1.54, 1.807) is 4.90 Å². The Bertz CT molecular complexity index is 453. The molecule has 1 N–H and O–H groups in total. The molecule has 7 heteroatoms. The van der Waals surface area contributed by atoms with Gasteiger partial charge in [0.2, 0.25) is 5.91 Å². The summed E-state index contributed by atoms with van der Waals surface area (Å²) in [6, 6.07) is 0. The maximum Gasteiger partial charge on any atom is 0.305 e. The maximum atomic E-state index is 12.0. The van der Waals surface area contributed by atoms with E-state index in [0.717, 1.165) is 17.0 Å². The fourth-order valence-corrected chi connectivity index (χ4v) is 2.80. The molecule has 0 unspecified atom stereocenters. The van der Waals surface area contributed by atoms with E-state index in [9.17, 15) is 9.59 Å². The number of aliphatic carboxylic acids is 1. The van der Waals surface area contributed by atoms with Gasteiger partial charge in [0.05, 0.1) is 17.9 Å². The van der Waals surface area contributed by atoms with E-state index in [1.165, 1.54) is 11.8 Å². The van der Waals surface area contributed by atoms with Gasteiger partial charge in [0.1, 0.15) is 5.76 Å². The number of amides is 1. The molecule has 6 nitrogen and oxygen atoms in total. The van der Waals surface area contributed by atoms with Crippen molar-refractivity contribution in [3.05, 3.63) is 17.0 Å². The Balaban J connectivity index is 2.40. The Labute approximate surface area is 122 Å². The first kappa shape index (κ1) is 16.6. The molecule has 1 rings (SSSR count). The summed E-state index contributed by atoms with van der Waals surface area (Å²) in [5.74, 6) is 0.854. The number of hydrogen-bond donors (Lipinski definition) is 1. The lowest BCUT2D eigenvalue weighted by molar-refractivity contribution is -0.138. The maximum absolute atomic E-state index is 12.0. The third-order valence-electron chi connectivity index (χ3n) is 2.98. The lowest BCUT2D eigenvalue weighted by atomic mass is 10.2. The Kier molecular flexibility index (Phi) is 6.57. The molecule has 0 radical (unpaired) electrons. The Morgan fingerprint density at radius 1 is 1.40 bits per heavy atom. The smallest absolute Gasteiger partial charge is 0.305 e. The molecule has 112 valence electrons. The molecule has 1 aromatic rings. The molecular weight excluding hydrogens is 280 g/mol. The second-order valence-electron chi connectivity index (χ2n) is 4.41. The van der Waals surface area contributed by atoms with Gasteiger partial charge < -0.3 is 14.5 Å². The minimum Gasteiger partial charge on any atom is -0.481 e. The van der Waals surface area contributed by atoms with E-state index >= 15 is 0 Å². The third-order valence-corrected chi connectivity index (χ3v) is 3.93. The molecule has 0 spiro atoms. The number of nitrogens with zero attached hydrogens (tertiary/aromatic N) is 2. The summed E-state index contributed by atoms with van der Waals surface area (Å²) in [7, 11) is 0. The molecule has 1 aromatic heterocycles. The van der Waals surface area contributed by atoms with Gasteiger partial charge in [-0.3, -0.25) is 9.59 Å². The zero-order chi connectivity index (χ0) is 15.1. The largest absolute Gasteiger partial charge is 0.481 e. The molecule has 0 bridgehead atoms. The van der Waals surface area contributed by atoms with Gasteiger partial charge in [0.15, 0.2) is 0 Å². The van der Waals surface area contributed by atoms with Crippen molar-refractivity contribution in [2.24, 2.45) is 0 Å². The number of carboxylic acids is 1. The molecule has 0 fully saturated rings. The second-order valence-corrected chi connectivity index (χ2v) is 5.40. The van der Waals surface area contributed by atoms with E-state index < -0.39 is 5.97 Å². The highest BCUT2D eigenvalue weighted by Gasteiger charge is 2.14. The Morgan fingerprint density at radius 2 is 2.10 bits per heavy atom. The quantitative estimate of drug-likeness (QED) is 0.788. The van der Waals surface area contributed by atoms with Crippen LogP contribution in [0.15, 0.2) is 4.52 Å². The molecule has 0 aliphatic rings. The zero-order valence-corrected chi connectivity index (χ0v) is 12.8. The molecular formula is C13H20N2O4S. The number of rotatable bonds is 8. The molecule has 0 aliphatic carbocycles. The highest BCUT2D eigenvalue weighted by atomic mass is 32.2. The summed E-state index contributed by atoms with van der Waals surface area (Å²) in [6.45, 7) is 6.36. The third kappa shape index (κ3) is 4.88. The number of carbonyl (C=O) groups is 2. The summed E-state index contributed by atoms with van der Waals surface area (Å²) in [6.07, 6.45) is -0.0197. The van der Waals surface area contributed by atoms with Crippen molar-refractivity contribution in [1.82, 2.24) is 10.1 Å². The fraction of sp³-hybridized carbons (Fsp3) is 0.615. The number of carbonyl (C=O) groups excluding carboxylic acids is 1. The summed E-state index contributed by atoms with van der Waals surface area (Å²) >= 11 is 1.49. The van der Waals surface area contributed by atoms with Crippen molar-refractivity contribution >= 4 is 23.6 Å². The molecule has 1 amide bonds. The molecule has 1 heterocycles. The number of aryl methyl sites for hydroxylation is 2. The highest BCUT2D eigenvalue weighted by Crippen LogP contribution is 2.19. The monoisotopic (exact) mass is 300 g/mol. The lowest BCUT2D eigenvalue weighted by Crippen LogP contribution is -2.34. The van der Waals surface area contributed by atoms with E-state index in [2.05, 4.69) is 5.16 Å². The SMILES string of the molecule is CCN(CCC(=O)O)C(=O)CSCc1c(C)noc1C. The van der Waals surface area contributed by atoms with Crippen LogP contribution in [0, 0.1) is 13.8 Å². The van der Waals surface area contributed by atoms with E-state index in [0.29, 0.717) is 18.1 Å². The topological polar surface area (TPSA) is 83.6 Å². The lowest BCUT2D eigenvalue weighted by Gasteiger charge is -2.19. The van der Waals surface area contributed by atoms with Gasteiger partial charge in [-0.15, -0.1) is 11.8 Å². The molecule has 0 aliphatic heterocycles. The van der Waals surface area contributed by atoms with Crippen molar-refractivity contribution in [3.8, 4) is 0 Å². The van der Waals surface area contributed by atoms with Crippen LogP contribution in [0.5, 0.6) is 0 Å². The molecule has 0 saturated carbocycles. The van der Waals surface area contributed by atoms with E-state index in [4.69, 9.17) is 9.63 Å².